The summed E-state index contributed by atoms with van der Waals surface area (Å²) in [7, 11) is 0. The molecule has 1 heterocycles. The average Bonchev–Trinajstić information content (AvgIpc) is 3.25. The van der Waals surface area contributed by atoms with Crippen molar-refractivity contribution >= 4 is 45.5 Å². The van der Waals surface area contributed by atoms with Crippen molar-refractivity contribution in [2.45, 2.75) is 38.2 Å². The van der Waals surface area contributed by atoms with Crippen LogP contribution in [0.2, 0.25) is 0 Å². The lowest BCUT2D eigenvalue weighted by Gasteiger charge is -2.28. The lowest BCUT2D eigenvalue weighted by Crippen LogP contribution is -2.53. The molecule has 182 valence electrons. The maximum Gasteiger partial charge on any atom is 0.341 e. The number of carbonyl (C=O) groups excluding carboxylic acids is 2. The van der Waals surface area contributed by atoms with E-state index in [1.54, 1.807) is 55.5 Å². The lowest BCUT2D eigenvalue weighted by atomic mass is 9.85. The molecule has 1 aliphatic rings. The van der Waals surface area contributed by atoms with Crippen molar-refractivity contribution in [1.29, 1.82) is 0 Å². The number of rotatable bonds is 6. The third kappa shape index (κ3) is 5.22. The van der Waals surface area contributed by atoms with Crippen LogP contribution in [0.5, 0.6) is 0 Å². The van der Waals surface area contributed by atoms with Crippen molar-refractivity contribution < 1.29 is 19.4 Å². The summed E-state index contributed by atoms with van der Waals surface area (Å²) in [6.07, 6.45) is 3.82. The van der Waals surface area contributed by atoms with Gasteiger partial charge in [-0.3, -0.25) is 15.6 Å². The number of ether oxygens (including phenoxy) is 1. The standard InChI is InChI=1S/C26H27N3O4S2/c1-2-33-23(30)21-19-15-9-10-16-20(19)35-22(21)27-25(34)29-28-24(31)26(32,17-11-5-3-6-12-17)18-13-7-4-8-14-18/h3-8,11-14,32H,2,9-10,15-16H2,1H3,(H,28,31)(H2,27,29,34). The van der Waals surface area contributed by atoms with E-state index in [0.29, 0.717) is 21.7 Å². The predicted molar refractivity (Wildman–Crippen MR) is 140 cm³/mol. The van der Waals surface area contributed by atoms with Crippen LogP contribution in [0, 0.1) is 0 Å². The average molecular weight is 510 g/mol. The van der Waals surface area contributed by atoms with Crippen molar-refractivity contribution in [3.8, 4) is 0 Å². The van der Waals surface area contributed by atoms with Crippen LogP contribution in [0.4, 0.5) is 5.00 Å². The van der Waals surface area contributed by atoms with Crippen LogP contribution < -0.4 is 16.2 Å². The van der Waals surface area contributed by atoms with Crippen molar-refractivity contribution in [2.75, 3.05) is 11.9 Å². The minimum Gasteiger partial charge on any atom is -0.462 e. The van der Waals surface area contributed by atoms with Gasteiger partial charge in [-0.2, -0.15) is 0 Å². The number of carbonyl (C=O) groups is 2. The van der Waals surface area contributed by atoms with Crippen molar-refractivity contribution in [2.24, 2.45) is 0 Å². The zero-order valence-electron chi connectivity index (χ0n) is 19.3. The summed E-state index contributed by atoms with van der Waals surface area (Å²) in [4.78, 5) is 27.1. The fraction of sp³-hybridized carbons (Fsp3) is 0.269. The van der Waals surface area contributed by atoms with Gasteiger partial charge in [0.2, 0.25) is 0 Å². The quantitative estimate of drug-likeness (QED) is 0.226. The van der Waals surface area contributed by atoms with E-state index in [0.717, 1.165) is 36.1 Å². The number of aliphatic hydroxyl groups is 1. The maximum absolute atomic E-state index is 13.3. The van der Waals surface area contributed by atoms with Gasteiger partial charge in [0, 0.05) is 4.88 Å². The Labute approximate surface area is 213 Å². The Balaban J connectivity index is 1.52. The highest BCUT2D eigenvalue weighted by atomic mass is 32.1. The molecule has 1 aliphatic carbocycles. The first-order chi connectivity index (χ1) is 16.9. The monoisotopic (exact) mass is 509 g/mol. The number of hydrazine groups is 1. The normalized spacial score (nSPS) is 12.9. The summed E-state index contributed by atoms with van der Waals surface area (Å²) < 4.78 is 5.28. The predicted octanol–water partition coefficient (Wildman–Crippen LogP) is 4.06. The van der Waals surface area contributed by atoms with Gasteiger partial charge in [-0.15, -0.1) is 11.3 Å². The third-order valence-electron chi connectivity index (χ3n) is 5.88. The first-order valence-corrected chi connectivity index (χ1v) is 12.7. The largest absolute Gasteiger partial charge is 0.462 e. The van der Waals surface area contributed by atoms with Crippen LogP contribution in [0.25, 0.3) is 0 Å². The highest BCUT2D eigenvalue weighted by molar-refractivity contribution is 7.80. The van der Waals surface area contributed by atoms with Crippen molar-refractivity contribution in [3.05, 3.63) is 87.8 Å². The number of esters is 1. The molecule has 1 aromatic heterocycles. The van der Waals surface area contributed by atoms with E-state index >= 15 is 0 Å². The van der Waals surface area contributed by atoms with Crippen LogP contribution in [0.15, 0.2) is 60.7 Å². The first-order valence-electron chi connectivity index (χ1n) is 11.5. The summed E-state index contributed by atoms with van der Waals surface area (Å²) in [5, 5.41) is 15.2. The molecule has 0 unspecified atom stereocenters. The number of hydrogen-bond acceptors (Lipinski definition) is 6. The molecule has 35 heavy (non-hydrogen) atoms. The molecule has 0 fully saturated rings. The maximum atomic E-state index is 13.3. The van der Waals surface area contributed by atoms with Gasteiger partial charge in [-0.25, -0.2) is 4.79 Å². The van der Waals surface area contributed by atoms with Gasteiger partial charge in [0.1, 0.15) is 5.00 Å². The molecule has 1 amide bonds. The van der Waals surface area contributed by atoms with E-state index in [1.165, 1.54) is 11.3 Å². The minimum absolute atomic E-state index is 0.0889. The zero-order chi connectivity index (χ0) is 24.8. The van der Waals surface area contributed by atoms with Gasteiger partial charge >= 0.3 is 5.97 Å². The first kappa shape index (κ1) is 24.8. The second-order valence-electron chi connectivity index (χ2n) is 8.11. The zero-order valence-corrected chi connectivity index (χ0v) is 20.9. The number of anilines is 1. The molecule has 4 N–H and O–H groups in total. The Bertz CT molecular complexity index is 1170. The van der Waals surface area contributed by atoms with E-state index in [9.17, 15) is 14.7 Å². The number of nitrogens with one attached hydrogen (secondary N) is 3. The molecule has 3 aromatic rings. The number of aryl methyl sites for hydroxylation is 1. The minimum atomic E-state index is -1.94. The Morgan fingerprint density at radius 1 is 1.00 bits per heavy atom. The fourth-order valence-electron chi connectivity index (χ4n) is 4.20. The summed E-state index contributed by atoms with van der Waals surface area (Å²) >= 11 is 6.87. The second kappa shape index (κ2) is 11.0. The number of fused-ring (bicyclic) bond motifs is 1. The Morgan fingerprint density at radius 3 is 2.20 bits per heavy atom. The van der Waals surface area contributed by atoms with Crippen molar-refractivity contribution in [3.63, 3.8) is 0 Å². The molecule has 0 radical (unpaired) electrons. The van der Waals surface area contributed by atoms with Crippen LogP contribution in [-0.2, 0) is 28.0 Å². The van der Waals surface area contributed by atoms with Gasteiger partial charge in [-0.05, 0) is 61.5 Å². The molecule has 0 saturated heterocycles. The molecular weight excluding hydrogens is 482 g/mol. The van der Waals surface area contributed by atoms with E-state index in [-0.39, 0.29) is 17.7 Å². The van der Waals surface area contributed by atoms with Gasteiger partial charge in [0.05, 0.1) is 12.2 Å². The number of amides is 1. The Kier molecular flexibility index (Phi) is 7.80. The van der Waals surface area contributed by atoms with Crippen LogP contribution >= 0.6 is 23.6 Å². The molecule has 4 rings (SSSR count). The van der Waals surface area contributed by atoms with E-state index in [4.69, 9.17) is 17.0 Å². The topological polar surface area (TPSA) is 99.7 Å². The number of thiocarbonyl (C=S) groups is 1. The van der Waals surface area contributed by atoms with Crippen LogP contribution in [-0.4, -0.2) is 28.7 Å². The van der Waals surface area contributed by atoms with Gasteiger partial charge in [0.25, 0.3) is 5.91 Å². The molecular formula is C26H27N3O4S2. The van der Waals surface area contributed by atoms with E-state index in [1.807, 2.05) is 12.1 Å². The Hall–Kier alpha value is -3.27. The molecule has 0 spiro atoms. The van der Waals surface area contributed by atoms with Gasteiger partial charge in [-0.1, -0.05) is 60.7 Å². The van der Waals surface area contributed by atoms with Gasteiger partial charge in [0.15, 0.2) is 10.7 Å². The number of benzene rings is 2. The molecule has 7 nitrogen and oxygen atoms in total. The highest BCUT2D eigenvalue weighted by Crippen LogP contribution is 2.38. The summed E-state index contributed by atoms with van der Waals surface area (Å²) in [5.74, 6) is -1.08. The number of hydrogen-bond donors (Lipinski definition) is 4. The molecule has 9 heteroatoms. The molecule has 0 aliphatic heterocycles. The molecule has 0 bridgehead atoms. The third-order valence-corrected chi connectivity index (χ3v) is 7.29. The highest BCUT2D eigenvalue weighted by Gasteiger charge is 2.40. The fourth-order valence-corrected chi connectivity index (χ4v) is 5.70. The Morgan fingerprint density at radius 2 is 1.60 bits per heavy atom. The molecule has 0 saturated carbocycles. The smallest absolute Gasteiger partial charge is 0.341 e. The van der Waals surface area contributed by atoms with Crippen LogP contribution in [0.1, 0.15) is 51.7 Å². The summed E-state index contributed by atoms with van der Waals surface area (Å²) in [6, 6.07) is 17.4. The summed E-state index contributed by atoms with van der Waals surface area (Å²) in [6.45, 7) is 2.05. The SMILES string of the molecule is CCOC(=O)c1c(NC(=S)NNC(=O)C(O)(c2ccccc2)c2ccccc2)sc2c1CCCC2. The van der Waals surface area contributed by atoms with E-state index in [2.05, 4.69) is 16.2 Å². The van der Waals surface area contributed by atoms with Crippen molar-refractivity contribution in [1.82, 2.24) is 10.9 Å². The lowest BCUT2D eigenvalue weighted by molar-refractivity contribution is -0.137. The van der Waals surface area contributed by atoms with E-state index < -0.39 is 11.5 Å². The second-order valence-corrected chi connectivity index (χ2v) is 9.62. The molecule has 0 atom stereocenters. The van der Waals surface area contributed by atoms with Gasteiger partial charge < -0.3 is 15.2 Å². The summed E-state index contributed by atoms with van der Waals surface area (Å²) in [5.41, 5.74) is 5.60. The molecule has 2 aromatic carbocycles. The van der Waals surface area contributed by atoms with Crippen LogP contribution in [0.3, 0.4) is 0 Å². The number of thiophene rings is 1.